The van der Waals surface area contributed by atoms with E-state index in [2.05, 4.69) is 5.32 Å². The molecular formula is C16H16ClN3O3. The van der Waals surface area contributed by atoms with Gasteiger partial charge in [0, 0.05) is 29.9 Å². The molecule has 2 rings (SSSR count). The van der Waals surface area contributed by atoms with Crippen LogP contribution in [0.2, 0.25) is 5.02 Å². The van der Waals surface area contributed by atoms with Crippen LogP contribution in [0.3, 0.4) is 0 Å². The predicted molar refractivity (Wildman–Crippen MR) is 87.1 cm³/mol. The number of hydrogen-bond acceptors (Lipinski definition) is 3. The lowest BCUT2D eigenvalue weighted by atomic mass is 9.91. The molecule has 1 heterocycles. The number of nitrogens with two attached hydrogens (primary N) is 1. The van der Waals surface area contributed by atoms with Crippen molar-refractivity contribution in [3.63, 3.8) is 0 Å². The van der Waals surface area contributed by atoms with Crippen molar-refractivity contribution in [2.75, 3.05) is 0 Å². The third-order valence-electron chi connectivity index (χ3n) is 3.62. The van der Waals surface area contributed by atoms with Gasteiger partial charge in [0.25, 0.3) is 11.5 Å². The topological polar surface area (TPSA) is 94.2 Å². The van der Waals surface area contributed by atoms with Gasteiger partial charge < -0.3 is 15.6 Å². The van der Waals surface area contributed by atoms with Crippen molar-refractivity contribution in [2.24, 2.45) is 12.8 Å². The first-order chi connectivity index (χ1) is 10.7. The third-order valence-corrected chi connectivity index (χ3v) is 3.86. The number of rotatable bonds is 4. The lowest BCUT2D eigenvalue weighted by Crippen LogP contribution is -2.52. The zero-order chi connectivity index (χ0) is 17.2. The first kappa shape index (κ1) is 16.8. The van der Waals surface area contributed by atoms with Crippen LogP contribution in [0.15, 0.2) is 47.4 Å². The van der Waals surface area contributed by atoms with Crippen LogP contribution in [-0.4, -0.2) is 16.4 Å². The summed E-state index contributed by atoms with van der Waals surface area (Å²) in [6.07, 6.45) is 1.47. The van der Waals surface area contributed by atoms with E-state index in [4.69, 9.17) is 17.3 Å². The van der Waals surface area contributed by atoms with E-state index in [9.17, 15) is 14.4 Å². The average molecular weight is 334 g/mol. The Bertz CT molecular complexity index is 831. The zero-order valence-electron chi connectivity index (χ0n) is 12.7. The van der Waals surface area contributed by atoms with Gasteiger partial charge in [-0.1, -0.05) is 23.7 Å². The lowest BCUT2D eigenvalue weighted by Gasteiger charge is -2.28. The van der Waals surface area contributed by atoms with E-state index in [1.54, 1.807) is 31.3 Å². The van der Waals surface area contributed by atoms with Gasteiger partial charge >= 0.3 is 0 Å². The van der Waals surface area contributed by atoms with Gasteiger partial charge in [-0.25, -0.2) is 0 Å². The second kappa shape index (κ2) is 6.26. The molecule has 3 N–H and O–H groups in total. The number of hydrogen-bond donors (Lipinski definition) is 2. The summed E-state index contributed by atoms with van der Waals surface area (Å²) in [6, 6.07) is 9.17. The van der Waals surface area contributed by atoms with Crippen LogP contribution in [-0.2, 0) is 17.4 Å². The molecule has 1 aromatic heterocycles. The van der Waals surface area contributed by atoms with Crippen LogP contribution < -0.4 is 16.6 Å². The maximum Gasteiger partial charge on any atom is 0.252 e. The second-order valence-corrected chi connectivity index (χ2v) is 5.75. The van der Waals surface area contributed by atoms with Crippen LogP contribution in [0.5, 0.6) is 0 Å². The summed E-state index contributed by atoms with van der Waals surface area (Å²) < 4.78 is 1.33. The van der Waals surface area contributed by atoms with Crippen LogP contribution in [0.4, 0.5) is 0 Å². The molecule has 0 aliphatic heterocycles. The highest BCUT2D eigenvalue weighted by Gasteiger charge is 2.35. The summed E-state index contributed by atoms with van der Waals surface area (Å²) in [4.78, 5) is 35.9. The van der Waals surface area contributed by atoms with Crippen LogP contribution in [0.25, 0.3) is 0 Å². The van der Waals surface area contributed by atoms with E-state index in [0.29, 0.717) is 10.6 Å². The fourth-order valence-electron chi connectivity index (χ4n) is 2.06. The minimum Gasteiger partial charge on any atom is -0.367 e. The van der Waals surface area contributed by atoms with E-state index >= 15 is 0 Å². The first-order valence-electron chi connectivity index (χ1n) is 6.79. The van der Waals surface area contributed by atoms with Gasteiger partial charge in [0.15, 0.2) is 0 Å². The van der Waals surface area contributed by atoms with Gasteiger partial charge in [0.1, 0.15) is 5.54 Å². The van der Waals surface area contributed by atoms with Crippen molar-refractivity contribution in [1.82, 2.24) is 9.88 Å². The van der Waals surface area contributed by atoms with Gasteiger partial charge in [-0.3, -0.25) is 14.4 Å². The molecule has 0 unspecified atom stereocenters. The minimum absolute atomic E-state index is 0.141. The van der Waals surface area contributed by atoms with E-state index in [1.165, 1.54) is 29.8 Å². The van der Waals surface area contributed by atoms with Gasteiger partial charge in [0.05, 0.1) is 0 Å². The van der Waals surface area contributed by atoms with Crippen LogP contribution in [0.1, 0.15) is 22.8 Å². The Hall–Kier alpha value is -2.60. The van der Waals surface area contributed by atoms with Gasteiger partial charge in [-0.2, -0.15) is 0 Å². The average Bonchev–Trinajstić information content (AvgIpc) is 2.49. The molecular weight excluding hydrogens is 318 g/mol. The number of aromatic nitrogens is 1. The molecule has 0 aliphatic carbocycles. The van der Waals surface area contributed by atoms with Gasteiger partial charge in [-0.15, -0.1) is 0 Å². The maximum atomic E-state index is 12.4. The Balaban J connectivity index is 2.39. The number of amides is 2. The van der Waals surface area contributed by atoms with Crippen molar-refractivity contribution in [2.45, 2.75) is 12.5 Å². The fourth-order valence-corrected chi connectivity index (χ4v) is 2.25. The molecule has 2 aromatic rings. The van der Waals surface area contributed by atoms with Crippen molar-refractivity contribution >= 4 is 23.4 Å². The normalized spacial score (nSPS) is 13.2. The Morgan fingerprint density at radius 1 is 1.26 bits per heavy atom. The molecule has 0 aliphatic rings. The molecule has 0 fully saturated rings. The number of carbonyl (C=O) groups excluding carboxylic acids is 2. The molecule has 0 radical (unpaired) electrons. The quantitative estimate of drug-likeness (QED) is 0.879. The number of halogens is 1. The molecule has 0 spiro atoms. The number of carbonyl (C=O) groups is 2. The molecule has 0 saturated heterocycles. The summed E-state index contributed by atoms with van der Waals surface area (Å²) in [5.74, 6) is -1.32. The molecule has 120 valence electrons. The number of pyridine rings is 1. The Morgan fingerprint density at radius 2 is 1.96 bits per heavy atom. The Kier molecular flexibility index (Phi) is 4.56. The van der Waals surface area contributed by atoms with Crippen LogP contribution in [0, 0.1) is 0 Å². The molecule has 1 aromatic carbocycles. The smallest absolute Gasteiger partial charge is 0.252 e. The zero-order valence-corrected chi connectivity index (χ0v) is 13.4. The highest BCUT2D eigenvalue weighted by Crippen LogP contribution is 2.24. The Morgan fingerprint density at radius 3 is 2.52 bits per heavy atom. The molecule has 1 atom stereocenters. The lowest BCUT2D eigenvalue weighted by molar-refractivity contribution is -0.123. The standard InChI is InChI=1S/C16H16ClN3O3/c1-16(15(18)23,11-4-3-5-12(17)9-11)19-14(22)10-6-7-20(2)13(21)8-10/h3-9H,1-2H3,(H2,18,23)(H,19,22)/t16-/m0/s1. The van der Waals surface area contributed by atoms with E-state index < -0.39 is 17.4 Å². The fraction of sp³-hybridized carbons (Fsp3) is 0.188. The molecule has 0 bridgehead atoms. The minimum atomic E-state index is -1.46. The van der Waals surface area contributed by atoms with Crippen LogP contribution >= 0.6 is 11.6 Å². The van der Waals surface area contributed by atoms with Gasteiger partial charge in [-0.05, 0) is 30.7 Å². The van der Waals surface area contributed by atoms with Crippen molar-refractivity contribution < 1.29 is 9.59 Å². The SMILES string of the molecule is Cn1ccc(C(=O)N[C@](C)(C(N)=O)c2cccc(Cl)c2)cc1=O. The number of primary amides is 1. The number of aryl methyl sites for hydroxylation is 1. The highest BCUT2D eigenvalue weighted by molar-refractivity contribution is 6.30. The maximum absolute atomic E-state index is 12.4. The molecule has 23 heavy (non-hydrogen) atoms. The van der Waals surface area contributed by atoms with Crippen molar-refractivity contribution in [1.29, 1.82) is 0 Å². The number of nitrogens with one attached hydrogen (secondary N) is 1. The summed E-state index contributed by atoms with van der Waals surface area (Å²) in [7, 11) is 1.57. The monoisotopic (exact) mass is 333 g/mol. The molecule has 7 heteroatoms. The highest BCUT2D eigenvalue weighted by atomic mass is 35.5. The third kappa shape index (κ3) is 3.43. The summed E-state index contributed by atoms with van der Waals surface area (Å²) in [5, 5.41) is 2.99. The largest absolute Gasteiger partial charge is 0.367 e. The predicted octanol–water partition coefficient (Wildman–Crippen LogP) is 1.17. The summed E-state index contributed by atoms with van der Waals surface area (Å²) >= 11 is 5.94. The molecule has 2 amide bonds. The van der Waals surface area contributed by atoms with Crippen molar-refractivity contribution in [3.8, 4) is 0 Å². The van der Waals surface area contributed by atoms with E-state index in [0.717, 1.165) is 0 Å². The summed E-state index contributed by atoms with van der Waals surface area (Å²) in [6.45, 7) is 1.49. The molecule has 0 saturated carbocycles. The van der Waals surface area contributed by atoms with Gasteiger partial charge in [0.2, 0.25) is 5.91 Å². The van der Waals surface area contributed by atoms with Crippen molar-refractivity contribution in [3.05, 3.63) is 69.1 Å². The van der Waals surface area contributed by atoms with E-state index in [1.807, 2.05) is 0 Å². The Labute approximate surface area is 137 Å². The first-order valence-corrected chi connectivity index (χ1v) is 7.17. The number of nitrogens with zero attached hydrogens (tertiary/aromatic N) is 1. The molecule has 6 nitrogen and oxygen atoms in total. The second-order valence-electron chi connectivity index (χ2n) is 5.32. The summed E-state index contributed by atoms with van der Waals surface area (Å²) in [5.41, 5.74) is 4.28. The number of benzene rings is 1. The van der Waals surface area contributed by atoms with E-state index in [-0.39, 0.29) is 11.1 Å².